The molecule has 0 saturated heterocycles. The van der Waals surface area contributed by atoms with Crippen molar-refractivity contribution in [3.8, 4) is 5.75 Å². The van der Waals surface area contributed by atoms with Crippen molar-refractivity contribution in [1.82, 2.24) is 4.98 Å². The Morgan fingerprint density at radius 1 is 1.09 bits per heavy atom. The van der Waals surface area contributed by atoms with Crippen molar-refractivity contribution < 1.29 is 14.8 Å². The molecule has 0 spiro atoms. The molecule has 0 aliphatic carbocycles. The van der Waals surface area contributed by atoms with E-state index in [1.165, 1.54) is 0 Å². The molecule has 4 nitrogen and oxygen atoms in total. The summed E-state index contributed by atoms with van der Waals surface area (Å²) >= 11 is 3.35. The number of fused-ring (bicyclic) bond motifs is 1. The molecule has 2 aromatic carbocycles. The van der Waals surface area contributed by atoms with Crippen LogP contribution in [0.5, 0.6) is 5.75 Å². The molecule has 3 rings (SSSR count). The van der Waals surface area contributed by atoms with Gasteiger partial charge in [0.25, 0.3) is 0 Å². The summed E-state index contributed by atoms with van der Waals surface area (Å²) in [7, 11) is -1.63. The van der Waals surface area contributed by atoms with E-state index in [4.69, 9.17) is 4.74 Å². The minimum Gasteiger partial charge on any atom is -0.489 e. The smallest absolute Gasteiger partial charge is 0.489 e. The van der Waals surface area contributed by atoms with E-state index in [1.54, 1.807) is 24.4 Å². The lowest BCUT2D eigenvalue weighted by Crippen LogP contribution is -2.32. The number of benzene rings is 2. The fourth-order valence-electron chi connectivity index (χ4n) is 2.30. The van der Waals surface area contributed by atoms with Crippen LogP contribution in [0.25, 0.3) is 10.9 Å². The standard InChI is InChI=1S/C16H13BBrNO3/c18-12-8-13-14(19-9-12)6-7-15(16(13)17(20)21)22-10-11-4-2-1-3-5-11/h1-9,20-21H,10H2. The zero-order valence-corrected chi connectivity index (χ0v) is 13.2. The Bertz CT molecular complexity index is 796. The first-order chi connectivity index (χ1) is 10.6. The lowest BCUT2D eigenvalue weighted by Gasteiger charge is -2.14. The Kier molecular flexibility index (Phi) is 4.43. The number of aromatic nitrogens is 1. The third-order valence-electron chi connectivity index (χ3n) is 3.33. The fraction of sp³-hybridized carbons (Fsp3) is 0.0625. The topological polar surface area (TPSA) is 62.6 Å². The van der Waals surface area contributed by atoms with E-state index in [1.807, 2.05) is 30.3 Å². The lowest BCUT2D eigenvalue weighted by molar-refractivity contribution is 0.307. The van der Waals surface area contributed by atoms with Crippen LogP contribution < -0.4 is 10.2 Å². The number of nitrogens with zero attached hydrogens (tertiary/aromatic N) is 1. The summed E-state index contributed by atoms with van der Waals surface area (Å²) in [6.07, 6.45) is 1.67. The second-order valence-corrected chi connectivity index (χ2v) is 5.76. The summed E-state index contributed by atoms with van der Waals surface area (Å²) in [5, 5.41) is 20.1. The molecule has 2 N–H and O–H groups in total. The van der Waals surface area contributed by atoms with Gasteiger partial charge < -0.3 is 14.8 Å². The van der Waals surface area contributed by atoms with Crippen molar-refractivity contribution >= 4 is 39.4 Å². The van der Waals surface area contributed by atoms with Crippen molar-refractivity contribution in [1.29, 1.82) is 0 Å². The van der Waals surface area contributed by atoms with E-state index in [-0.39, 0.29) is 0 Å². The van der Waals surface area contributed by atoms with Gasteiger partial charge >= 0.3 is 7.12 Å². The molecule has 0 aliphatic heterocycles. The van der Waals surface area contributed by atoms with Gasteiger partial charge in [0.05, 0.1) is 5.52 Å². The first-order valence-electron chi connectivity index (χ1n) is 6.76. The molecular weight excluding hydrogens is 345 g/mol. The van der Waals surface area contributed by atoms with Gasteiger partial charge in [-0.3, -0.25) is 4.98 Å². The van der Waals surface area contributed by atoms with E-state index in [2.05, 4.69) is 20.9 Å². The molecule has 0 bridgehead atoms. The van der Waals surface area contributed by atoms with Gasteiger partial charge in [0.2, 0.25) is 0 Å². The first kappa shape index (κ1) is 15.0. The molecule has 0 saturated carbocycles. The van der Waals surface area contributed by atoms with E-state index in [0.717, 1.165) is 10.0 Å². The minimum atomic E-state index is -1.63. The zero-order chi connectivity index (χ0) is 15.5. The summed E-state index contributed by atoms with van der Waals surface area (Å²) in [5.74, 6) is 0.436. The average molecular weight is 358 g/mol. The molecule has 1 aromatic heterocycles. The third kappa shape index (κ3) is 3.14. The summed E-state index contributed by atoms with van der Waals surface area (Å²) in [6.45, 7) is 0.355. The van der Waals surface area contributed by atoms with Crippen LogP contribution in [0, 0.1) is 0 Å². The maximum atomic E-state index is 9.72. The van der Waals surface area contributed by atoms with Crippen LogP contribution in [0.3, 0.4) is 0 Å². The normalized spacial score (nSPS) is 10.7. The molecule has 0 radical (unpaired) electrons. The van der Waals surface area contributed by atoms with Crippen molar-refractivity contribution in [3.63, 3.8) is 0 Å². The molecule has 6 heteroatoms. The van der Waals surface area contributed by atoms with Crippen molar-refractivity contribution in [2.75, 3.05) is 0 Å². The predicted molar refractivity (Wildman–Crippen MR) is 90.0 cm³/mol. The van der Waals surface area contributed by atoms with Crippen LogP contribution >= 0.6 is 15.9 Å². The van der Waals surface area contributed by atoms with Gasteiger partial charge in [-0.15, -0.1) is 0 Å². The van der Waals surface area contributed by atoms with Crippen LogP contribution in [-0.4, -0.2) is 22.2 Å². The number of rotatable bonds is 4. The highest BCUT2D eigenvalue weighted by Crippen LogP contribution is 2.21. The van der Waals surface area contributed by atoms with E-state index < -0.39 is 7.12 Å². The molecule has 0 amide bonds. The van der Waals surface area contributed by atoms with Crippen LogP contribution in [0.2, 0.25) is 0 Å². The van der Waals surface area contributed by atoms with E-state index >= 15 is 0 Å². The van der Waals surface area contributed by atoms with Crippen LogP contribution in [-0.2, 0) is 6.61 Å². The quantitative estimate of drug-likeness (QED) is 0.703. The number of ether oxygens (including phenoxy) is 1. The van der Waals surface area contributed by atoms with E-state index in [0.29, 0.717) is 28.7 Å². The number of hydrogen-bond acceptors (Lipinski definition) is 4. The van der Waals surface area contributed by atoms with Gasteiger partial charge in [-0.05, 0) is 39.7 Å². The second-order valence-electron chi connectivity index (χ2n) is 4.85. The monoisotopic (exact) mass is 357 g/mol. The summed E-state index contributed by atoms with van der Waals surface area (Å²) < 4.78 is 6.54. The Labute approximate surface area is 136 Å². The van der Waals surface area contributed by atoms with Crippen LogP contribution in [0.1, 0.15) is 5.56 Å². The molecule has 0 atom stereocenters. The highest BCUT2D eigenvalue weighted by molar-refractivity contribution is 9.10. The van der Waals surface area contributed by atoms with Crippen LogP contribution in [0.4, 0.5) is 0 Å². The Balaban J connectivity index is 2.00. The largest absolute Gasteiger partial charge is 0.492 e. The van der Waals surface area contributed by atoms with E-state index in [9.17, 15) is 10.0 Å². The number of halogens is 1. The van der Waals surface area contributed by atoms with Gasteiger partial charge in [0.1, 0.15) is 12.4 Å². The average Bonchev–Trinajstić information content (AvgIpc) is 2.52. The predicted octanol–water partition coefficient (Wildman–Crippen LogP) is 2.26. The Morgan fingerprint density at radius 2 is 1.86 bits per heavy atom. The van der Waals surface area contributed by atoms with Gasteiger partial charge in [-0.25, -0.2) is 0 Å². The molecule has 22 heavy (non-hydrogen) atoms. The van der Waals surface area contributed by atoms with Gasteiger partial charge in [-0.1, -0.05) is 30.3 Å². The number of hydrogen-bond donors (Lipinski definition) is 2. The fourth-order valence-corrected chi connectivity index (χ4v) is 2.63. The zero-order valence-electron chi connectivity index (χ0n) is 11.6. The highest BCUT2D eigenvalue weighted by atomic mass is 79.9. The summed E-state index contributed by atoms with van der Waals surface area (Å²) in [6, 6.07) is 15.0. The summed E-state index contributed by atoms with van der Waals surface area (Å²) in [5.41, 5.74) is 2.01. The Hall–Kier alpha value is -1.89. The Morgan fingerprint density at radius 3 is 2.59 bits per heavy atom. The summed E-state index contributed by atoms with van der Waals surface area (Å²) in [4.78, 5) is 4.26. The molecule has 1 heterocycles. The minimum absolute atomic E-state index is 0.322. The number of pyridine rings is 1. The highest BCUT2D eigenvalue weighted by Gasteiger charge is 2.21. The SMILES string of the molecule is OB(O)c1c(OCc2ccccc2)ccc2ncc(Br)cc12. The lowest BCUT2D eigenvalue weighted by atomic mass is 9.77. The third-order valence-corrected chi connectivity index (χ3v) is 3.76. The second kappa shape index (κ2) is 6.48. The maximum absolute atomic E-state index is 9.72. The van der Waals surface area contributed by atoms with Crippen molar-refractivity contribution in [2.45, 2.75) is 6.61 Å². The maximum Gasteiger partial charge on any atom is 0.492 e. The molecule has 110 valence electrons. The van der Waals surface area contributed by atoms with Crippen molar-refractivity contribution in [2.24, 2.45) is 0 Å². The van der Waals surface area contributed by atoms with Gasteiger partial charge in [-0.2, -0.15) is 0 Å². The van der Waals surface area contributed by atoms with Gasteiger partial charge in [0, 0.05) is 21.5 Å². The molecule has 0 fully saturated rings. The van der Waals surface area contributed by atoms with Gasteiger partial charge in [0.15, 0.2) is 0 Å². The first-order valence-corrected chi connectivity index (χ1v) is 7.55. The molecule has 0 aliphatic rings. The molecular formula is C16H13BBrNO3. The van der Waals surface area contributed by atoms with Crippen LogP contribution in [0.15, 0.2) is 59.2 Å². The molecule has 3 aromatic rings. The van der Waals surface area contributed by atoms with Crippen molar-refractivity contribution in [3.05, 3.63) is 64.8 Å². The molecule has 0 unspecified atom stereocenters.